The predicted molar refractivity (Wildman–Crippen MR) is 70.0 cm³/mol. The number of aliphatic hydroxyl groups excluding tert-OH is 1. The second kappa shape index (κ2) is 6.05. The summed E-state index contributed by atoms with van der Waals surface area (Å²) in [7, 11) is 1.89. The van der Waals surface area contributed by atoms with E-state index in [4.69, 9.17) is 0 Å². The van der Waals surface area contributed by atoms with Crippen LogP contribution in [-0.2, 0) is 11.8 Å². The Bertz CT molecular complexity index is 394. The van der Waals surface area contributed by atoms with E-state index in [0.29, 0.717) is 6.54 Å². The first-order valence-electron chi connectivity index (χ1n) is 6.75. The van der Waals surface area contributed by atoms with Gasteiger partial charge >= 0.3 is 0 Å². The number of nitrogens with one attached hydrogen (secondary N) is 1. The third-order valence-corrected chi connectivity index (χ3v) is 3.77. The van der Waals surface area contributed by atoms with Crippen LogP contribution in [-0.4, -0.2) is 22.1 Å². The van der Waals surface area contributed by atoms with Gasteiger partial charge < -0.3 is 15.0 Å². The molecule has 1 aromatic rings. The highest BCUT2D eigenvalue weighted by Gasteiger charge is 2.21. The number of carbonyl (C=O) groups excluding carboxylic acids is 1. The van der Waals surface area contributed by atoms with Gasteiger partial charge in [0.1, 0.15) is 6.10 Å². The van der Waals surface area contributed by atoms with Crippen LogP contribution in [0.15, 0.2) is 18.3 Å². The summed E-state index contributed by atoms with van der Waals surface area (Å²) in [6.07, 6.45) is 6.80. The van der Waals surface area contributed by atoms with Crippen LogP contribution in [0.5, 0.6) is 0 Å². The van der Waals surface area contributed by atoms with Gasteiger partial charge in [-0.1, -0.05) is 19.3 Å². The van der Waals surface area contributed by atoms with Crippen molar-refractivity contribution in [1.29, 1.82) is 0 Å². The molecule has 4 heteroatoms. The summed E-state index contributed by atoms with van der Waals surface area (Å²) in [5.74, 6) is 0.252. The summed E-state index contributed by atoms with van der Waals surface area (Å²) >= 11 is 0. The quantitative estimate of drug-likeness (QED) is 0.855. The largest absolute Gasteiger partial charge is 0.385 e. The van der Waals surface area contributed by atoms with E-state index in [1.54, 1.807) is 0 Å². The molecule has 1 amide bonds. The number of hydrogen-bond acceptors (Lipinski definition) is 2. The molecule has 0 unspecified atom stereocenters. The van der Waals surface area contributed by atoms with E-state index in [0.717, 1.165) is 31.4 Å². The first-order chi connectivity index (χ1) is 8.68. The van der Waals surface area contributed by atoms with Crippen molar-refractivity contribution in [3.05, 3.63) is 24.0 Å². The first-order valence-corrected chi connectivity index (χ1v) is 6.75. The summed E-state index contributed by atoms with van der Waals surface area (Å²) in [6.45, 7) is 0.299. The summed E-state index contributed by atoms with van der Waals surface area (Å²) in [6, 6.07) is 3.76. The van der Waals surface area contributed by atoms with Gasteiger partial charge in [0.15, 0.2) is 0 Å². The molecule has 0 aliphatic heterocycles. The maximum Gasteiger partial charge on any atom is 0.223 e. The molecule has 1 aliphatic carbocycles. The Morgan fingerprint density at radius 1 is 1.50 bits per heavy atom. The number of aryl methyl sites for hydroxylation is 1. The van der Waals surface area contributed by atoms with E-state index < -0.39 is 6.10 Å². The van der Waals surface area contributed by atoms with Crippen LogP contribution in [0.25, 0.3) is 0 Å². The lowest BCUT2D eigenvalue weighted by molar-refractivity contribution is -0.126. The van der Waals surface area contributed by atoms with Crippen molar-refractivity contribution < 1.29 is 9.90 Å². The van der Waals surface area contributed by atoms with Crippen molar-refractivity contribution in [1.82, 2.24) is 9.88 Å². The van der Waals surface area contributed by atoms with E-state index in [2.05, 4.69) is 5.32 Å². The number of amides is 1. The number of nitrogens with zero attached hydrogens (tertiary/aromatic N) is 1. The number of carbonyl (C=O) groups is 1. The number of aliphatic hydroxyl groups is 1. The molecular weight excluding hydrogens is 228 g/mol. The Labute approximate surface area is 108 Å². The van der Waals surface area contributed by atoms with Gasteiger partial charge in [-0.25, -0.2) is 0 Å². The zero-order chi connectivity index (χ0) is 13.0. The first kappa shape index (κ1) is 13.1. The highest BCUT2D eigenvalue weighted by Crippen LogP contribution is 2.23. The van der Waals surface area contributed by atoms with E-state index >= 15 is 0 Å². The maximum atomic E-state index is 11.9. The SMILES string of the molecule is Cn1cccc1[C@@H](O)CNC(=O)C1CCCCC1. The van der Waals surface area contributed by atoms with Gasteiger partial charge in [-0.3, -0.25) is 4.79 Å². The zero-order valence-electron chi connectivity index (χ0n) is 10.9. The summed E-state index contributed by atoms with van der Waals surface area (Å²) in [5, 5.41) is 12.9. The smallest absolute Gasteiger partial charge is 0.223 e. The molecule has 2 rings (SSSR count). The standard InChI is InChI=1S/C14H22N2O2/c1-16-9-5-8-12(16)13(17)10-15-14(18)11-6-3-2-4-7-11/h5,8-9,11,13,17H,2-4,6-7,10H2,1H3,(H,15,18)/t13-/m0/s1. The molecule has 1 saturated carbocycles. The third kappa shape index (κ3) is 3.13. The van der Waals surface area contributed by atoms with Crippen LogP contribution in [0.1, 0.15) is 43.9 Å². The van der Waals surface area contributed by atoms with Gasteiger partial charge in [0, 0.05) is 31.4 Å². The lowest BCUT2D eigenvalue weighted by Crippen LogP contribution is -2.35. The molecule has 0 bridgehead atoms. The Balaban J connectivity index is 1.80. The number of aromatic nitrogens is 1. The minimum Gasteiger partial charge on any atom is -0.385 e. The fraction of sp³-hybridized carbons (Fsp3) is 0.643. The lowest BCUT2D eigenvalue weighted by atomic mass is 9.88. The Kier molecular flexibility index (Phi) is 4.42. The van der Waals surface area contributed by atoms with E-state index in [9.17, 15) is 9.90 Å². The Morgan fingerprint density at radius 3 is 2.83 bits per heavy atom. The average molecular weight is 250 g/mol. The molecule has 0 radical (unpaired) electrons. The minimum absolute atomic E-state index is 0.1000. The van der Waals surface area contributed by atoms with Crippen LogP contribution in [0.3, 0.4) is 0 Å². The second-order valence-corrected chi connectivity index (χ2v) is 5.14. The molecule has 2 N–H and O–H groups in total. The Morgan fingerprint density at radius 2 is 2.22 bits per heavy atom. The van der Waals surface area contributed by atoms with Gasteiger partial charge in [-0.05, 0) is 25.0 Å². The van der Waals surface area contributed by atoms with E-state index in [-0.39, 0.29) is 11.8 Å². The van der Waals surface area contributed by atoms with Crippen molar-refractivity contribution in [2.75, 3.05) is 6.54 Å². The molecular formula is C14H22N2O2. The van der Waals surface area contributed by atoms with Crippen molar-refractivity contribution in [3.8, 4) is 0 Å². The summed E-state index contributed by atoms with van der Waals surface area (Å²) < 4.78 is 1.87. The van der Waals surface area contributed by atoms with E-state index in [1.165, 1.54) is 6.42 Å². The number of rotatable bonds is 4. The van der Waals surface area contributed by atoms with Gasteiger partial charge in [0.05, 0.1) is 0 Å². The molecule has 4 nitrogen and oxygen atoms in total. The monoisotopic (exact) mass is 250 g/mol. The average Bonchev–Trinajstić information content (AvgIpc) is 2.83. The van der Waals surface area contributed by atoms with E-state index in [1.807, 2.05) is 29.9 Å². The van der Waals surface area contributed by atoms with Crippen LogP contribution in [0.2, 0.25) is 0 Å². The molecule has 0 saturated heterocycles. The summed E-state index contributed by atoms with van der Waals surface area (Å²) in [5.41, 5.74) is 0.832. The van der Waals surface area contributed by atoms with Crippen LogP contribution >= 0.6 is 0 Å². The molecule has 1 aromatic heterocycles. The topological polar surface area (TPSA) is 54.3 Å². The molecule has 0 spiro atoms. The highest BCUT2D eigenvalue weighted by molar-refractivity contribution is 5.78. The van der Waals surface area contributed by atoms with Crippen molar-refractivity contribution >= 4 is 5.91 Å². The fourth-order valence-electron chi connectivity index (χ4n) is 2.63. The number of hydrogen-bond donors (Lipinski definition) is 2. The second-order valence-electron chi connectivity index (χ2n) is 5.14. The molecule has 100 valence electrons. The van der Waals surface area contributed by atoms with Crippen molar-refractivity contribution in [2.24, 2.45) is 13.0 Å². The lowest BCUT2D eigenvalue weighted by Gasteiger charge is -2.21. The summed E-state index contributed by atoms with van der Waals surface area (Å²) in [4.78, 5) is 11.9. The minimum atomic E-state index is -0.627. The fourth-order valence-corrected chi connectivity index (χ4v) is 2.63. The van der Waals surface area contributed by atoms with Gasteiger partial charge in [0.2, 0.25) is 5.91 Å². The zero-order valence-corrected chi connectivity index (χ0v) is 10.9. The molecule has 1 heterocycles. The van der Waals surface area contributed by atoms with Crippen LogP contribution in [0.4, 0.5) is 0 Å². The molecule has 18 heavy (non-hydrogen) atoms. The normalized spacial score (nSPS) is 18.6. The van der Waals surface area contributed by atoms with Crippen molar-refractivity contribution in [3.63, 3.8) is 0 Å². The van der Waals surface area contributed by atoms with Crippen LogP contribution in [0, 0.1) is 5.92 Å². The highest BCUT2D eigenvalue weighted by atomic mass is 16.3. The molecule has 1 aliphatic rings. The maximum absolute atomic E-state index is 11.9. The van der Waals surface area contributed by atoms with Gasteiger partial charge in [0.25, 0.3) is 0 Å². The van der Waals surface area contributed by atoms with Crippen molar-refractivity contribution in [2.45, 2.75) is 38.2 Å². The molecule has 1 fully saturated rings. The predicted octanol–water partition coefficient (Wildman–Crippen LogP) is 1.75. The third-order valence-electron chi connectivity index (χ3n) is 3.77. The van der Waals surface area contributed by atoms with Gasteiger partial charge in [-0.15, -0.1) is 0 Å². The van der Waals surface area contributed by atoms with Crippen LogP contribution < -0.4 is 5.32 Å². The van der Waals surface area contributed by atoms with Gasteiger partial charge in [-0.2, -0.15) is 0 Å². The molecule has 0 aromatic carbocycles. The Hall–Kier alpha value is -1.29. The molecule has 1 atom stereocenters.